The predicted octanol–water partition coefficient (Wildman–Crippen LogP) is 3.67. The summed E-state index contributed by atoms with van der Waals surface area (Å²) in [5.41, 5.74) is 1.54. The summed E-state index contributed by atoms with van der Waals surface area (Å²) < 4.78 is 5.90. The largest absolute Gasteiger partial charge is 0.376 e. The first-order valence-electron chi connectivity index (χ1n) is 7.21. The highest BCUT2D eigenvalue weighted by Gasteiger charge is 2.37. The van der Waals surface area contributed by atoms with Gasteiger partial charge in [-0.2, -0.15) is 0 Å². The highest BCUT2D eigenvalue weighted by Crippen LogP contribution is 2.32. The van der Waals surface area contributed by atoms with E-state index in [1.165, 1.54) is 25.7 Å². The van der Waals surface area contributed by atoms with Crippen LogP contribution in [0.5, 0.6) is 0 Å². The highest BCUT2D eigenvalue weighted by molar-refractivity contribution is 5.19. The van der Waals surface area contributed by atoms with Gasteiger partial charge in [0.25, 0.3) is 0 Å². The van der Waals surface area contributed by atoms with Gasteiger partial charge in [0.1, 0.15) is 0 Å². The molecule has 0 aromatic rings. The van der Waals surface area contributed by atoms with Crippen molar-refractivity contribution >= 4 is 0 Å². The van der Waals surface area contributed by atoms with E-state index < -0.39 is 0 Å². The highest BCUT2D eigenvalue weighted by atomic mass is 16.5. The van der Waals surface area contributed by atoms with Crippen molar-refractivity contribution in [2.45, 2.75) is 70.9 Å². The van der Waals surface area contributed by atoms with E-state index in [0.29, 0.717) is 6.04 Å². The topological polar surface area (TPSA) is 21.3 Å². The molecule has 1 aliphatic carbocycles. The van der Waals surface area contributed by atoms with Crippen LogP contribution in [-0.2, 0) is 4.74 Å². The molecule has 2 heteroatoms. The Kier molecular flexibility index (Phi) is 6.21. The normalized spacial score (nSPS) is 18.9. The van der Waals surface area contributed by atoms with Gasteiger partial charge in [0.05, 0.1) is 11.6 Å². The third-order valence-corrected chi connectivity index (χ3v) is 4.23. The third-order valence-electron chi connectivity index (χ3n) is 4.23. The molecular weight excluding hydrogens is 210 g/mol. The van der Waals surface area contributed by atoms with Crippen molar-refractivity contribution in [3.05, 3.63) is 11.6 Å². The SMILES string of the molecule is CCNC(C1=CCCCC1)C(CC)(CC)OC. The summed E-state index contributed by atoms with van der Waals surface area (Å²) in [6, 6.07) is 0.396. The predicted molar refractivity (Wildman–Crippen MR) is 74.3 cm³/mol. The average Bonchev–Trinajstić information content (AvgIpc) is 2.41. The second-order valence-corrected chi connectivity index (χ2v) is 4.99. The maximum absolute atomic E-state index is 5.90. The lowest BCUT2D eigenvalue weighted by molar-refractivity contribution is -0.0385. The van der Waals surface area contributed by atoms with Crippen molar-refractivity contribution in [2.75, 3.05) is 13.7 Å². The number of hydrogen-bond donors (Lipinski definition) is 1. The van der Waals surface area contributed by atoms with Crippen LogP contribution in [0.15, 0.2) is 11.6 Å². The van der Waals surface area contributed by atoms with Gasteiger partial charge in [-0.1, -0.05) is 32.4 Å². The Hall–Kier alpha value is -0.340. The number of likely N-dealkylation sites (N-methyl/N-ethyl adjacent to an activating group) is 1. The minimum absolute atomic E-state index is 0.0286. The first-order valence-corrected chi connectivity index (χ1v) is 7.21. The molecule has 100 valence electrons. The van der Waals surface area contributed by atoms with Crippen LogP contribution in [0.3, 0.4) is 0 Å². The summed E-state index contributed by atoms with van der Waals surface area (Å²) >= 11 is 0. The molecule has 0 aromatic heterocycles. The van der Waals surface area contributed by atoms with E-state index in [1.54, 1.807) is 5.57 Å². The van der Waals surface area contributed by atoms with Gasteiger partial charge in [-0.25, -0.2) is 0 Å². The van der Waals surface area contributed by atoms with Gasteiger partial charge in [0.15, 0.2) is 0 Å². The van der Waals surface area contributed by atoms with Crippen LogP contribution in [-0.4, -0.2) is 25.3 Å². The Morgan fingerprint density at radius 2 is 2.00 bits per heavy atom. The van der Waals surface area contributed by atoms with Gasteiger partial charge >= 0.3 is 0 Å². The fourth-order valence-corrected chi connectivity index (χ4v) is 3.05. The second kappa shape index (κ2) is 7.17. The van der Waals surface area contributed by atoms with Gasteiger partial charge in [0, 0.05) is 7.11 Å². The van der Waals surface area contributed by atoms with E-state index in [1.807, 2.05) is 7.11 Å². The molecule has 17 heavy (non-hydrogen) atoms. The molecule has 1 unspecified atom stereocenters. The Morgan fingerprint density at radius 1 is 1.29 bits per heavy atom. The number of nitrogens with one attached hydrogen (secondary N) is 1. The number of hydrogen-bond acceptors (Lipinski definition) is 2. The lowest BCUT2D eigenvalue weighted by atomic mass is 9.80. The fourth-order valence-electron chi connectivity index (χ4n) is 3.05. The number of rotatable bonds is 7. The Morgan fingerprint density at radius 3 is 2.41 bits per heavy atom. The van der Waals surface area contributed by atoms with Crippen molar-refractivity contribution in [1.29, 1.82) is 0 Å². The number of methoxy groups -OCH3 is 1. The quantitative estimate of drug-likeness (QED) is 0.684. The first-order chi connectivity index (χ1) is 8.24. The molecule has 0 fully saturated rings. The molecule has 1 atom stereocenters. The molecule has 0 spiro atoms. The van der Waals surface area contributed by atoms with E-state index in [9.17, 15) is 0 Å². The summed E-state index contributed by atoms with van der Waals surface area (Å²) in [4.78, 5) is 0. The van der Waals surface area contributed by atoms with Crippen molar-refractivity contribution in [1.82, 2.24) is 5.32 Å². The van der Waals surface area contributed by atoms with E-state index in [-0.39, 0.29) is 5.60 Å². The molecule has 0 bridgehead atoms. The minimum Gasteiger partial charge on any atom is -0.376 e. The summed E-state index contributed by atoms with van der Waals surface area (Å²) in [5.74, 6) is 0. The van der Waals surface area contributed by atoms with Crippen molar-refractivity contribution in [3.63, 3.8) is 0 Å². The lowest BCUT2D eigenvalue weighted by Gasteiger charge is -2.41. The molecule has 0 aromatic carbocycles. The molecular formula is C15H29NO. The van der Waals surface area contributed by atoms with Gasteiger partial charge in [0.2, 0.25) is 0 Å². The van der Waals surface area contributed by atoms with Crippen LogP contribution < -0.4 is 5.32 Å². The third kappa shape index (κ3) is 3.32. The van der Waals surface area contributed by atoms with Crippen molar-refractivity contribution < 1.29 is 4.74 Å². The van der Waals surface area contributed by atoms with E-state index in [0.717, 1.165) is 19.4 Å². The fraction of sp³-hybridized carbons (Fsp3) is 0.867. The van der Waals surface area contributed by atoms with Gasteiger partial charge in [-0.15, -0.1) is 0 Å². The summed E-state index contributed by atoms with van der Waals surface area (Å²) in [5, 5.41) is 3.65. The zero-order valence-electron chi connectivity index (χ0n) is 12.0. The minimum atomic E-state index is -0.0286. The van der Waals surface area contributed by atoms with Crippen LogP contribution in [0.2, 0.25) is 0 Å². The molecule has 1 aliphatic rings. The van der Waals surface area contributed by atoms with E-state index in [4.69, 9.17) is 4.74 Å². The summed E-state index contributed by atoms with van der Waals surface area (Å²) in [7, 11) is 1.86. The monoisotopic (exact) mass is 239 g/mol. The van der Waals surface area contributed by atoms with Gasteiger partial charge < -0.3 is 10.1 Å². The molecule has 2 nitrogen and oxygen atoms in total. The van der Waals surface area contributed by atoms with Crippen molar-refractivity contribution in [2.24, 2.45) is 0 Å². The maximum atomic E-state index is 5.90. The Balaban J connectivity index is 2.92. The molecule has 1 rings (SSSR count). The Bertz CT molecular complexity index is 235. The molecule has 0 amide bonds. The van der Waals surface area contributed by atoms with E-state index >= 15 is 0 Å². The van der Waals surface area contributed by atoms with Crippen molar-refractivity contribution in [3.8, 4) is 0 Å². The number of ether oxygens (including phenoxy) is 1. The van der Waals surface area contributed by atoms with E-state index in [2.05, 4.69) is 32.2 Å². The average molecular weight is 239 g/mol. The van der Waals surface area contributed by atoms with Crippen LogP contribution >= 0.6 is 0 Å². The lowest BCUT2D eigenvalue weighted by Crippen LogP contribution is -2.52. The summed E-state index contributed by atoms with van der Waals surface area (Å²) in [6.45, 7) is 7.66. The molecule has 0 saturated heterocycles. The first kappa shape index (κ1) is 14.7. The molecule has 1 N–H and O–H groups in total. The van der Waals surface area contributed by atoms with Gasteiger partial charge in [-0.05, 0) is 45.1 Å². The maximum Gasteiger partial charge on any atom is 0.0864 e. The standard InChI is InChI=1S/C15H29NO/c1-5-15(6-2,17-4)14(16-7-3)13-11-9-8-10-12-13/h11,14,16H,5-10,12H2,1-4H3. The smallest absolute Gasteiger partial charge is 0.0864 e. The zero-order chi connectivity index (χ0) is 12.7. The van der Waals surface area contributed by atoms with Gasteiger partial charge in [-0.3, -0.25) is 0 Å². The molecule has 0 radical (unpaired) electrons. The van der Waals surface area contributed by atoms with Crippen LogP contribution in [0.25, 0.3) is 0 Å². The molecule has 0 heterocycles. The van der Waals surface area contributed by atoms with Crippen LogP contribution in [0.1, 0.15) is 59.3 Å². The van der Waals surface area contributed by atoms with Crippen LogP contribution in [0, 0.1) is 0 Å². The molecule has 0 aliphatic heterocycles. The molecule has 0 saturated carbocycles. The van der Waals surface area contributed by atoms with Crippen LogP contribution in [0.4, 0.5) is 0 Å². The Labute approximate surface area is 107 Å². The second-order valence-electron chi connectivity index (χ2n) is 4.99. The number of allylic oxidation sites excluding steroid dienone is 1. The summed E-state index contributed by atoms with van der Waals surface area (Å²) in [6.07, 6.45) is 9.73. The zero-order valence-corrected chi connectivity index (χ0v) is 12.0.